The standard InChI is InChI=1S/C19H17NO5S/c1-24-13-8-10-14(11-9-13)26-12-4-7-17(21)25-20-18(22)15-5-2-3-6-16(15)19(20)23/h2-3,5-6,8-11H,4,7,12H2,1H3. The molecule has 2 aromatic rings. The maximum absolute atomic E-state index is 12.1. The molecule has 0 aliphatic carbocycles. The number of carbonyl (C=O) groups is 3. The number of amides is 2. The lowest BCUT2D eigenvalue weighted by atomic mass is 10.1. The SMILES string of the molecule is COc1ccc(SCCCC(=O)ON2C(=O)c3ccccc3C2=O)cc1. The molecule has 0 spiro atoms. The van der Waals surface area contributed by atoms with Gasteiger partial charge >= 0.3 is 5.97 Å². The Kier molecular flexibility index (Phi) is 5.58. The molecular formula is C19H17NO5S. The number of carbonyl (C=O) groups excluding carboxylic acids is 3. The van der Waals surface area contributed by atoms with Gasteiger partial charge in [-0.2, -0.15) is 0 Å². The lowest BCUT2D eigenvalue weighted by Gasteiger charge is -2.12. The highest BCUT2D eigenvalue weighted by Gasteiger charge is 2.38. The quantitative estimate of drug-likeness (QED) is 0.422. The normalized spacial score (nSPS) is 12.9. The average molecular weight is 371 g/mol. The number of hydrogen-bond donors (Lipinski definition) is 0. The van der Waals surface area contributed by atoms with E-state index in [-0.39, 0.29) is 17.5 Å². The van der Waals surface area contributed by atoms with E-state index >= 15 is 0 Å². The molecular weight excluding hydrogens is 354 g/mol. The minimum absolute atomic E-state index is 0.122. The van der Waals surface area contributed by atoms with Crippen molar-refractivity contribution in [2.24, 2.45) is 0 Å². The zero-order valence-electron chi connectivity index (χ0n) is 14.1. The summed E-state index contributed by atoms with van der Waals surface area (Å²) in [5.74, 6) is -0.310. The molecule has 0 fully saturated rings. The van der Waals surface area contributed by atoms with Crippen LogP contribution in [0, 0.1) is 0 Å². The van der Waals surface area contributed by atoms with Gasteiger partial charge < -0.3 is 9.57 Å². The van der Waals surface area contributed by atoms with Gasteiger partial charge in [0.2, 0.25) is 0 Å². The fourth-order valence-electron chi connectivity index (χ4n) is 2.48. The van der Waals surface area contributed by atoms with Crippen molar-refractivity contribution in [3.63, 3.8) is 0 Å². The third-order valence-electron chi connectivity index (χ3n) is 3.80. The summed E-state index contributed by atoms with van der Waals surface area (Å²) in [6.45, 7) is 0. The Morgan fingerprint density at radius 3 is 2.19 bits per heavy atom. The first-order valence-electron chi connectivity index (χ1n) is 8.05. The summed E-state index contributed by atoms with van der Waals surface area (Å²) in [6.07, 6.45) is 0.690. The number of nitrogens with zero attached hydrogens (tertiary/aromatic N) is 1. The molecule has 134 valence electrons. The van der Waals surface area contributed by atoms with E-state index in [1.54, 1.807) is 31.0 Å². The van der Waals surface area contributed by atoms with Gasteiger partial charge in [0, 0.05) is 11.3 Å². The highest BCUT2D eigenvalue weighted by atomic mass is 32.2. The predicted octanol–water partition coefficient (Wildman–Crippen LogP) is 3.32. The molecule has 1 aliphatic rings. The fraction of sp³-hybridized carbons (Fsp3) is 0.211. The summed E-state index contributed by atoms with van der Waals surface area (Å²) in [5, 5.41) is 0.545. The maximum Gasteiger partial charge on any atom is 0.333 e. The van der Waals surface area contributed by atoms with Gasteiger partial charge in [-0.1, -0.05) is 17.2 Å². The molecule has 0 unspecified atom stereocenters. The van der Waals surface area contributed by atoms with Gasteiger partial charge in [-0.05, 0) is 48.6 Å². The number of imide groups is 1. The van der Waals surface area contributed by atoms with E-state index < -0.39 is 17.8 Å². The van der Waals surface area contributed by atoms with Gasteiger partial charge in [-0.25, -0.2) is 4.79 Å². The van der Waals surface area contributed by atoms with Gasteiger partial charge in [0.25, 0.3) is 11.8 Å². The number of thioether (sulfide) groups is 1. The van der Waals surface area contributed by atoms with E-state index in [0.717, 1.165) is 10.6 Å². The number of fused-ring (bicyclic) bond motifs is 1. The van der Waals surface area contributed by atoms with Gasteiger partial charge in [-0.15, -0.1) is 11.8 Å². The molecule has 0 bridgehead atoms. The van der Waals surface area contributed by atoms with Crippen LogP contribution in [0.5, 0.6) is 5.75 Å². The Morgan fingerprint density at radius 2 is 1.62 bits per heavy atom. The Balaban J connectivity index is 1.45. The highest BCUT2D eigenvalue weighted by Crippen LogP contribution is 2.24. The molecule has 1 heterocycles. The number of ether oxygens (including phenoxy) is 1. The van der Waals surface area contributed by atoms with Gasteiger partial charge in [-0.3, -0.25) is 9.59 Å². The monoisotopic (exact) mass is 371 g/mol. The average Bonchev–Trinajstić information content (AvgIpc) is 2.91. The first kappa shape index (κ1) is 18.0. The first-order chi connectivity index (χ1) is 12.6. The fourth-order valence-corrected chi connectivity index (χ4v) is 3.33. The highest BCUT2D eigenvalue weighted by molar-refractivity contribution is 7.99. The van der Waals surface area contributed by atoms with Gasteiger partial charge in [0.05, 0.1) is 18.2 Å². The van der Waals surface area contributed by atoms with Crippen LogP contribution in [0.25, 0.3) is 0 Å². The molecule has 0 N–H and O–H groups in total. The second-order valence-corrected chi connectivity index (χ2v) is 6.71. The molecule has 6 nitrogen and oxygen atoms in total. The molecule has 2 aromatic carbocycles. The van der Waals surface area contributed by atoms with Gasteiger partial charge in [0.1, 0.15) is 5.75 Å². The summed E-state index contributed by atoms with van der Waals surface area (Å²) in [7, 11) is 1.61. The van der Waals surface area contributed by atoms with Crippen LogP contribution >= 0.6 is 11.8 Å². The molecule has 0 saturated carbocycles. The van der Waals surface area contributed by atoms with E-state index in [2.05, 4.69) is 0 Å². The minimum Gasteiger partial charge on any atom is -0.497 e. The van der Waals surface area contributed by atoms with E-state index in [1.807, 2.05) is 24.3 Å². The van der Waals surface area contributed by atoms with Crippen molar-refractivity contribution in [1.29, 1.82) is 0 Å². The van der Waals surface area contributed by atoms with Crippen LogP contribution in [0.2, 0.25) is 0 Å². The lowest BCUT2D eigenvalue weighted by molar-refractivity contribution is -0.168. The molecule has 0 saturated heterocycles. The van der Waals surface area contributed by atoms with Crippen molar-refractivity contribution in [3.8, 4) is 5.75 Å². The zero-order valence-corrected chi connectivity index (χ0v) is 15.0. The summed E-state index contributed by atoms with van der Waals surface area (Å²) >= 11 is 1.60. The van der Waals surface area contributed by atoms with Crippen LogP contribution in [0.1, 0.15) is 33.6 Å². The second kappa shape index (κ2) is 8.05. The summed E-state index contributed by atoms with van der Waals surface area (Å²) in [4.78, 5) is 42.2. The van der Waals surface area contributed by atoms with E-state index in [4.69, 9.17) is 9.57 Å². The lowest BCUT2D eigenvalue weighted by Crippen LogP contribution is -2.32. The Morgan fingerprint density at radius 1 is 1.00 bits per heavy atom. The summed E-state index contributed by atoms with van der Waals surface area (Å²) in [5.41, 5.74) is 0.501. The molecule has 3 rings (SSSR count). The van der Waals surface area contributed by atoms with Crippen LogP contribution in [0.3, 0.4) is 0 Å². The predicted molar refractivity (Wildman–Crippen MR) is 96.0 cm³/mol. The molecule has 0 radical (unpaired) electrons. The Bertz CT molecular complexity index is 799. The molecule has 26 heavy (non-hydrogen) atoms. The van der Waals surface area contributed by atoms with Crippen LogP contribution in [-0.4, -0.2) is 35.7 Å². The van der Waals surface area contributed by atoms with Crippen molar-refractivity contribution in [2.75, 3.05) is 12.9 Å². The van der Waals surface area contributed by atoms with Crippen molar-refractivity contribution < 1.29 is 24.0 Å². The summed E-state index contributed by atoms with van der Waals surface area (Å²) in [6, 6.07) is 14.0. The second-order valence-electron chi connectivity index (χ2n) is 5.54. The van der Waals surface area contributed by atoms with Crippen LogP contribution in [-0.2, 0) is 9.63 Å². The van der Waals surface area contributed by atoms with Crippen LogP contribution < -0.4 is 4.74 Å². The minimum atomic E-state index is -0.605. The van der Waals surface area contributed by atoms with Crippen molar-refractivity contribution in [1.82, 2.24) is 5.06 Å². The Hall–Kier alpha value is -2.80. The topological polar surface area (TPSA) is 72.9 Å². The van der Waals surface area contributed by atoms with Crippen molar-refractivity contribution >= 4 is 29.5 Å². The smallest absolute Gasteiger partial charge is 0.333 e. The number of benzene rings is 2. The maximum atomic E-state index is 12.1. The third kappa shape index (κ3) is 3.88. The van der Waals surface area contributed by atoms with E-state index in [9.17, 15) is 14.4 Å². The Labute approximate surface area is 155 Å². The number of hydrogen-bond acceptors (Lipinski definition) is 6. The molecule has 0 aromatic heterocycles. The third-order valence-corrected chi connectivity index (χ3v) is 4.90. The van der Waals surface area contributed by atoms with E-state index in [1.165, 1.54) is 12.1 Å². The summed E-state index contributed by atoms with van der Waals surface area (Å²) < 4.78 is 5.10. The molecule has 7 heteroatoms. The van der Waals surface area contributed by atoms with Crippen LogP contribution in [0.15, 0.2) is 53.4 Å². The van der Waals surface area contributed by atoms with Crippen molar-refractivity contribution in [3.05, 3.63) is 59.7 Å². The first-order valence-corrected chi connectivity index (χ1v) is 9.04. The number of hydroxylamine groups is 2. The largest absolute Gasteiger partial charge is 0.497 e. The van der Waals surface area contributed by atoms with Gasteiger partial charge in [0.15, 0.2) is 0 Å². The zero-order chi connectivity index (χ0) is 18.5. The van der Waals surface area contributed by atoms with Crippen molar-refractivity contribution in [2.45, 2.75) is 17.7 Å². The molecule has 0 atom stereocenters. The van der Waals surface area contributed by atoms with E-state index in [0.29, 0.717) is 17.2 Å². The number of methoxy groups -OCH3 is 1. The molecule has 2 amide bonds. The van der Waals surface area contributed by atoms with Crippen LogP contribution in [0.4, 0.5) is 0 Å². The number of rotatable bonds is 7. The molecule has 1 aliphatic heterocycles.